The molecule has 1 aliphatic rings. The van der Waals surface area contributed by atoms with E-state index in [1.54, 1.807) is 20.8 Å². The second-order valence-corrected chi connectivity index (χ2v) is 8.11. The van der Waals surface area contributed by atoms with Crippen molar-refractivity contribution in [3.05, 3.63) is 42.5 Å². The highest BCUT2D eigenvalue weighted by Crippen LogP contribution is 2.43. The zero-order valence-corrected chi connectivity index (χ0v) is 18.5. The molecule has 0 saturated heterocycles. The van der Waals surface area contributed by atoms with Crippen molar-refractivity contribution in [3.63, 3.8) is 0 Å². The Morgan fingerprint density at radius 2 is 1.59 bits per heavy atom. The van der Waals surface area contributed by atoms with E-state index in [-0.39, 0.29) is 35.6 Å². The maximum absolute atomic E-state index is 12.9. The third-order valence-corrected chi connectivity index (χ3v) is 5.69. The van der Waals surface area contributed by atoms with Crippen LogP contribution in [0.15, 0.2) is 22.3 Å². The molecule has 12 heteroatoms. The van der Waals surface area contributed by atoms with Gasteiger partial charge in [-0.3, -0.25) is 14.4 Å². The average Bonchev–Trinajstić information content (AvgIpc) is 2.67. The molecule has 0 aromatic heterocycles. The summed E-state index contributed by atoms with van der Waals surface area (Å²) < 4.78 is 0. The lowest BCUT2D eigenvalue weighted by molar-refractivity contribution is -0.790. The van der Waals surface area contributed by atoms with Gasteiger partial charge in [-0.25, -0.2) is 0 Å². The molecule has 0 aromatic carbocycles. The van der Waals surface area contributed by atoms with Gasteiger partial charge in [0, 0.05) is 27.7 Å². The summed E-state index contributed by atoms with van der Waals surface area (Å²) in [6, 6.07) is 0. The minimum Gasteiger partial charge on any atom is -0.481 e. The molecule has 1 aliphatic carbocycles. The average molecular weight is 456 g/mol. The Bertz CT molecular complexity index is 860. The van der Waals surface area contributed by atoms with Crippen molar-refractivity contribution in [2.45, 2.75) is 72.3 Å². The molecule has 2 atom stereocenters. The van der Waals surface area contributed by atoms with E-state index in [4.69, 9.17) is 0 Å². The van der Waals surface area contributed by atoms with Crippen LogP contribution in [0.3, 0.4) is 0 Å². The fourth-order valence-electron chi connectivity index (χ4n) is 3.95. The van der Waals surface area contributed by atoms with Crippen molar-refractivity contribution in [3.8, 4) is 0 Å². The first-order chi connectivity index (χ1) is 14.8. The van der Waals surface area contributed by atoms with Crippen LogP contribution < -0.4 is 0 Å². The highest BCUT2D eigenvalue weighted by atomic mass is 17.0. The van der Waals surface area contributed by atoms with Crippen LogP contribution in [0.5, 0.6) is 0 Å². The Morgan fingerprint density at radius 3 is 2.12 bits per heavy atom. The van der Waals surface area contributed by atoms with Gasteiger partial charge in [0.1, 0.15) is 12.7 Å². The molecule has 32 heavy (non-hydrogen) atoms. The first kappa shape index (κ1) is 26.7. The maximum Gasteiger partial charge on any atom is 0.304 e. The van der Waals surface area contributed by atoms with E-state index in [0.29, 0.717) is 36.8 Å². The SMILES string of the molecule is CC1=C(C)C(=O)C(C(C)(CCCCCC(CO[N+](=O)[O-])O[N+](=O)[O-])CC(=O)O)=C(C)C1=O. The first-order valence-electron chi connectivity index (χ1n) is 10.1. The fourth-order valence-corrected chi connectivity index (χ4v) is 3.95. The molecule has 0 saturated carbocycles. The van der Waals surface area contributed by atoms with E-state index in [1.807, 2.05) is 0 Å². The highest BCUT2D eigenvalue weighted by molar-refractivity contribution is 6.25. The summed E-state index contributed by atoms with van der Waals surface area (Å²) in [5.74, 6) is -1.72. The molecule has 1 N–H and O–H groups in total. The van der Waals surface area contributed by atoms with Gasteiger partial charge in [0.25, 0.3) is 10.2 Å². The monoisotopic (exact) mass is 456 g/mol. The number of rotatable bonds is 14. The molecular weight excluding hydrogens is 428 g/mol. The third kappa shape index (κ3) is 7.13. The summed E-state index contributed by atoms with van der Waals surface area (Å²) in [4.78, 5) is 66.3. The number of carbonyl (C=O) groups is 3. The van der Waals surface area contributed by atoms with Gasteiger partial charge >= 0.3 is 5.97 Å². The predicted molar refractivity (Wildman–Crippen MR) is 109 cm³/mol. The Labute approximate surface area is 184 Å². The summed E-state index contributed by atoms with van der Waals surface area (Å²) in [5.41, 5.74) is 0.0384. The molecule has 178 valence electrons. The highest BCUT2D eigenvalue weighted by Gasteiger charge is 2.41. The number of hydrogen-bond donors (Lipinski definition) is 1. The number of allylic oxidation sites excluding steroid dienone is 4. The summed E-state index contributed by atoms with van der Waals surface area (Å²) >= 11 is 0. The number of ketones is 2. The molecule has 0 aromatic rings. The smallest absolute Gasteiger partial charge is 0.304 e. The maximum atomic E-state index is 12.9. The predicted octanol–water partition coefficient (Wildman–Crippen LogP) is 3.01. The zero-order chi connectivity index (χ0) is 24.6. The van der Waals surface area contributed by atoms with Gasteiger partial charge in [-0.05, 0) is 33.6 Å². The second kappa shape index (κ2) is 11.3. The lowest BCUT2D eigenvalue weighted by atomic mass is 9.68. The molecule has 0 fully saturated rings. The first-order valence-corrected chi connectivity index (χ1v) is 10.1. The van der Waals surface area contributed by atoms with Crippen LogP contribution in [0, 0.1) is 25.6 Å². The molecule has 0 heterocycles. The molecule has 0 spiro atoms. The molecule has 12 nitrogen and oxygen atoms in total. The Balaban J connectivity index is 2.85. The van der Waals surface area contributed by atoms with Crippen molar-refractivity contribution in [2.75, 3.05) is 6.61 Å². The topological polar surface area (TPSA) is 176 Å². The summed E-state index contributed by atoms with van der Waals surface area (Å²) in [7, 11) is 0. The number of Topliss-reactive ketones (excluding diaryl/α,β-unsaturated/α-hetero) is 2. The van der Waals surface area contributed by atoms with Gasteiger partial charge in [-0.1, -0.05) is 26.2 Å². The van der Waals surface area contributed by atoms with Gasteiger partial charge in [0.05, 0.1) is 6.42 Å². The summed E-state index contributed by atoms with van der Waals surface area (Å²) in [5, 5.41) is 28.1. The van der Waals surface area contributed by atoms with Crippen molar-refractivity contribution < 1.29 is 39.3 Å². The number of carbonyl (C=O) groups excluding carboxylic acids is 2. The van der Waals surface area contributed by atoms with E-state index in [2.05, 4.69) is 9.68 Å². The number of nitrogens with zero attached hydrogens (tertiary/aromatic N) is 2. The van der Waals surface area contributed by atoms with Gasteiger partial charge < -0.3 is 14.8 Å². The Hall–Kier alpha value is -3.31. The largest absolute Gasteiger partial charge is 0.481 e. The van der Waals surface area contributed by atoms with Crippen LogP contribution in [-0.2, 0) is 24.1 Å². The molecule has 2 unspecified atom stereocenters. The van der Waals surface area contributed by atoms with Crippen LogP contribution in [-0.4, -0.2) is 45.5 Å². The lowest BCUT2D eigenvalue weighted by Gasteiger charge is -2.34. The van der Waals surface area contributed by atoms with Crippen LogP contribution in [0.2, 0.25) is 0 Å². The number of carboxylic acids is 1. The molecule has 0 aliphatic heterocycles. The molecule has 0 bridgehead atoms. The van der Waals surface area contributed by atoms with Crippen molar-refractivity contribution in [2.24, 2.45) is 5.41 Å². The van der Waals surface area contributed by atoms with Crippen LogP contribution in [0.4, 0.5) is 0 Å². The van der Waals surface area contributed by atoms with E-state index in [0.717, 1.165) is 0 Å². The standard InChI is InChI=1S/C20H28N2O10/c1-12-13(2)19(26)17(14(3)18(12)25)20(4,10-16(23)24)9-7-5-6-8-15(32-22(29)30)11-31-21(27)28/h15H,5-11H2,1-4H3,(H,23,24). The zero-order valence-electron chi connectivity index (χ0n) is 18.5. The van der Waals surface area contributed by atoms with E-state index in [1.165, 1.54) is 6.92 Å². The van der Waals surface area contributed by atoms with Crippen molar-refractivity contribution in [1.29, 1.82) is 0 Å². The van der Waals surface area contributed by atoms with Crippen LogP contribution in [0.25, 0.3) is 0 Å². The number of unbranched alkanes of at least 4 members (excludes halogenated alkanes) is 2. The second-order valence-electron chi connectivity index (χ2n) is 8.11. The Morgan fingerprint density at radius 1 is 1.00 bits per heavy atom. The van der Waals surface area contributed by atoms with Crippen molar-refractivity contribution >= 4 is 17.5 Å². The van der Waals surface area contributed by atoms with Gasteiger partial charge in [-0.2, -0.15) is 0 Å². The van der Waals surface area contributed by atoms with Crippen molar-refractivity contribution in [1.82, 2.24) is 0 Å². The van der Waals surface area contributed by atoms with Gasteiger partial charge in [-0.15, -0.1) is 20.2 Å². The molecule has 0 radical (unpaired) electrons. The van der Waals surface area contributed by atoms with Crippen LogP contribution in [0.1, 0.15) is 66.2 Å². The Kier molecular flexibility index (Phi) is 9.48. The number of aliphatic carboxylic acids is 1. The van der Waals surface area contributed by atoms with E-state index >= 15 is 0 Å². The normalized spacial score (nSPS) is 17.1. The summed E-state index contributed by atoms with van der Waals surface area (Å²) in [6.07, 6.45) is 0.312. The van der Waals surface area contributed by atoms with E-state index < -0.39 is 34.3 Å². The van der Waals surface area contributed by atoms with Gasteiger partial charge in [0.2, 0.25) is 0 Å². The minimum atomic E-state index is -1.11. The molecule has 0 amide bonds. The molecule has 1 rings (SSSR count). The van der Waals surface area contributed by atoms with Crippen LogP contribution >= 0.6 is 0 Å². The van der Waals surface area contributed by atoms with Gasteiger partial charge in [0.15, 0.2) is 11.6 Å². The summed E-state index contributed by atoms with van der Waals surface area (Å²) in [6.45, 7) is 5.70. The molecular formula is C20H28N2O10. The van der Waals surface area contributed by atoms with E-state index in [9.17, 15) is 39.7 Å². The number of carboxylic acid groups (broad SMARTS) is 1. The minimum absolute atomic E-state index is 0.116. The number of hydrogen-bond acceptors (Lipinski definition) is 9. The third-order valence-electron chi connectivity index (χ3n) is 5.69. The fraction of sp³-hybridized carbons (Fsp3) is 0.650. The quantitative estimate of drug-likeness (QED) is 0.177. The lowest BCUT2D eigenvalue weighted by Crippen LogP contribution is -2.33.